The van der Waals surface area contributed by atoms with Crippen LogP contribution in [0.25, 0.3) is 0 Å². The van der Waals surface area contributed by atoms with Gasteiger partial charge in [0.25, 0.3) is 0 Å². The van der Waals surface area contributed by atoms with Crippen molar-refractivity contribution in [1.82, 2.24) is 0 Å². The molecule has 3 nitrogen and oxygen atoms in total. The van der Waals surface area contributed by atoms with E-state index in [0.29, 0.717) is 16.9 Å². The smallest absolute Gasteiger partial charge is 0.230 e. The van der Waals surface area contributed by atoms with Gasteiger partial charge in [-0.3, -0.25) is 9.59 Å². The summed E-state index contributed by atoms with van der Waals surface area (Å²) in [5, 5.41) is 0. The highest BCUT2D eigenvalue weighted by atomic mass is 16.5. The number of rotatable bonds is 6. The summed E-state index contributed by atoms with van der Waals surface area (Å²) in [5.41, 5.74) is -0.778. The van der Waals surface area contributed by atoms with Crippen LogP contribution in [0, 0.1) is 0 Å². The molecule has 0 bridgehead atoms. The standard InChI is InChI=1S/C22H18O3/c1-22(25-19-15-9-4-10-16-19,20(23)17-11-5-2-6-12-17)21(24)18-13-7-3-8-14-18/h2-16H,1H3. The van der Waals surface area contributed by atoms with Gasteiger partial charge in [0.05, 0.1) is 0 Å². The zero-order valence-corrected chi connectivity index (χ0v) is 13.9. The molecule has 0 N–H and O–H groups in total. The Morgan fingerprint density at radius 3 is 1.40 bits per heavy atom. The third kappa shape index (κ3) is 3.50. The highest BCUT2D eigenvalue weighted by molar-refractivity contribution is 6.22. The summed E-state index contributed by atoms with van der Waals surface area (Å²) < 4.78 is 5.94. The Morgan fingerprint density at radius 2 is 1.00 bits per heavy atom. The number of Topliss-reactive ketones (excluding diaryl/α,β-unsaturated/α-hetero) is 2. The van der Waals surface area contributed by atoms with Crippen molar-refractivity contribution in [3.05, 3.63) is 102 Å². The minimum atomic E-state index is -1.65. The molecule has 0 saturated heterocycles. The molecule has 3 aromatic rings. The Bertz CT molecular complexity index is 804. The molecular formula is C22H18O3. The van der Waals surface area contributed by atoms with Gasteiger partial charge < -0.3 is 4.74 Å². The highest BCUT2D eigenvalue weighted by Crippen LogP contribution is 2.26. The zero-order valence-electron chi connectivity index (χ0n) is 13.9. The number of benzene rings is 3. The molecule has 0 aromatic heterocycles. The van der Waals surface area contributed by atoms with E-state index >= 15 is 0 Å². The number of para-hydroxylation sites is 1. The average Bonchev–Trinajstić information content (AvgIpc) is 2.69. The second-order valence-corrected chi connectivity index (χ2v) is 5.84. The lowest BCUT2D eigenvalue weighted by Crippen LogP contribution is -2.49. The fourth-order valence-corrected chi connectivity index (χ4v) is 2.65. The zero-order chi connectivity index (χ0) is 17.7. The number of ether oxygens (including phenoxy) is 1. The predicted octanol–water partition coefficient (Wildman–Crippen LogP) is 4.59. The molecule has 25 heavy (non-hydrogen) atoms. The predicted molar refractivity (Wildman–Crippen MR) is 97.0 cm³/mol. The number of carbonyl (C=O) groups is 2. The summed E-state index contributed by atoms with van der Waals surface area (Å²) in [7, 11) is 0. The lowest BCUT2D eigenvalue weighted by molar-refractivity contribution is 0.0439. The molecule has 0 amide bonds. The lowest BCUT2D eigenvalue weighted by Gasteiger charge is -2.28. The summed E-state index contributed by atoms with van der Waals surface area (Å²) in [6.07, 6.45) is 0. The van der Waals surface area contributed by atoms with Crippen LogP contribution in [0.15, 0.2) is 91.0 Å². The summed E-state index contributed by atoms with van der Waals surface area (Å²) in [4.78, 5) is 26.3. The molecule has 0 spiro atoms. The third-order valence-corrected chi connectivity index (χ3v) is 4.00. The van der Waals surface area contributed by atoms with E-state index in [2.05, 4.69) is 0 Å². The molecule has 3 rings (SSSR count). The quantitative estimate of drug-likeness (QED) is 0.490. The van der Waals surface area contributed by atoms with Crippen LogP contribution < -0.4 is 4.74 Å². The van der Waals surface area contributed by atoms with Crippen LogP contribution in [0.4, 0.5) is 0 Å². The van der Waals surface area contributed by atoms with Crippen molar-refractivity contribution >= 4 is 11.6 Å². The molecule has 3 aromatic carbocycles. The van der Waals surface area contributed by atoms with Gasteiger partial charge in [-0.05, 0) is 19.1 Å². The first-order valence-corrected chi connectivity index (χ1v) is 8.05. The summed E-state index contributed by atoms with van der Waals surface area (Å²) in [5.74, 6) is -0.268. The van der Waals surface area contributed by atoms with Gasteiger partial charge in [-0.25, -0.2) is 0 Å². The van der Waals surface area contributed by atoms with E-state index in [4.69, 9.17) is 4.74 Å². The second-order valence-electron chi connectivity index (χ2n) is 5.84. The normalized spacial score (nSPS) is 10.9. The van der Waals surface area contributed by atoms with Gasteiger partial charge in [0, 0.05) is 11.1 Å². The summed E-state index contributed by atoms with van der Waals surface area (Å²) in [6.45, 7) is 1.53. The Balaban J connectivity index is 2.04. The van der Waals surface area contributed by atoms with Crippen LogP contribution >= 0.6 is 0 Å². The van der Waals surface area contributed by atoms with E-state index in [1.54, 1.807) is 72.8 Å². The van der Waals surface area contributed by atoms with Gasteiger partial charge in [-0.2, -0.15) is 0 Å². The van der Waals surface area contributed by atoms with Crippen molar-refractivity contribution in [3.63, 3.8) is 0 Å². The fraction of sp³-hybridized carbons (Fsp3) is 0.0909. The Morgan fingerprint density at radius 1 is 0.640 bits per heavy atom. The minimum Gasteiger partial charge on any atom is -0.471 e. The van der Waals surface area contributed by atoms with Crippen molar-refractivity contribution in [1.29, 1.82) is 0 Å². The monoisotopic (exact) mass is 330 g/mol. The van der Waals surface area contributed by atoms with Gasteiger partial charge in [0.15, 0.2) is 0 Å². The lowest BCUT2D eigenvalue weighted by atomic mass is 9.86. The Kier molecular flexibility index (Phi) is 4.75. The van der Waals surface area contributed by atoms with Crippen LogP contribution in [0.3, 0.4) is 0 Å². The van der Waals surface area contributed by atoms with E-state index in [-0.39, 0.29) is 11.6 Å². The van der Waals surface area contributed by atoms with E-state index in [9.17, 15) is 9.59 Å². The third-order valence-electron chi connectivity index (χ3n) is 4.00. The van der Waals surface area contributed by atoms with Crippen LogP contribution in [-0.4, -0.2) is 17.2 Å². The van der Waals surface area contributed by atoms with E-state index in [1.807, 2.05) is 18.2 Å². The van der Waals surface area contributed by atoms with Crippen LogP contribution in [0.1, 0.15) is 27.6 Å². The van der Waals surface area contributed by atoms with Crippen molar-refractivity contribution in [2.45, 2.75) is 12.5 Å². The SMILES string of the molecule is CC(Oc1ccccc1)(C(=O)c1ccccc1)C(=O)c1ccccc1. The van der Waals surface area contributed by atoms with E-state index < -0.39 is 5.60 Å². The van der Waals surface area contributed by atoms with E-state index in [0.717, 1.165) is 0 Å². The molecule has 0 aliphatic rings. The first-order valence-electron chi connectivity index (χ1n) is 8.05. The maximum Gasteiger partial charge on any atom is 0.230 e. The van der Waals surface area contributed by atoms with Crippen molar-refractivity contribution in [2.75, 3.05) is 0 Å². The molecule has 0 radical (unpaired) electrons. The highest BCUT2D eigenvalue weighted by Gasteiger charge is 2.44. The fourth-order valence-electron chi connectivity index (χ4n) is 2.65. The molecule has 3 heteroatoms. The first-order chi connectivity index (χ1) is 12.1. The molecule has 124 valence electrons. The Labute approximate surface area is 146 Å². The largest absolute Gasteiger partial charge is 0.471 e. The van der Waals surface area contributed by atoms with Crippen molar-refractivity contribution < 1.29 is 14.3 Å². The molecule has 0 unspecified atom stereocenters. The molecule has 0 heterocycles. The van der Waals surface area contributed by atoms with Gasteiger partial charge in [0.1, 0.15) is 5.75 Å². The van der Waals surface area contributed by atoms with E-state index in [1.165, 1.54) is 6.92 Å². The maximum absolute atomic E-state index is 13.1. The first kappa shape index (κ1) is 16.7. The maximum atomic E-state index is 13.1. The second kappa shape index (κ2) is 7.14. The Hall–Kier alpha value is -3.20. The number of hydrogen-bond donors (Lipinski definition) is 0. The molecule has 0 aliphatic heterocycles. The van der Waals surface area contributed by atoms with Gasteiger partial charge in [-0.1, -0.05) is 78.9 Å². The van der Waals surface area contributed by atoms with Crippen LogP contribution in [0.2, 0.25) is 0 Å². The van der Waals surface area contributed by atoms with Crippen LogP contribution in [-0.2, 0) is 0 Å². The van der Waals surface area contributed by atoms with Crippen LogP contribution in [0.5, 0.6) is 5.75 Å². The topological polar surface area (TPSA) is 43.4 Å². The minimum absolute atomic E-state index is 0.370. The molecular weight excluding hydrogens is 312 g/mol. The summed E-state index contributed by atoms with van der Waals surface area (Å²) >= 11 is 0. The molecule has 0 saturated carbocycles. The molecule has 0 atom stereocenters. The number of hydrogen-bond acceptors (Lipinski definition) is 3. The summed E-state index contributed by atoms with van der Waals surface area (Å²) in [6, 6.07) is 26.4. The van der Waals surface area contributed by atoms with Crippen molar-refractivity contribution in [2.24, 2.45) is 0 Å². The van der Waals surface area contributed by atoms with Crippen molar-refractivity contribution in [3.8, 4) is 5.75 Å². The molecule has 0 aliphatic carbocycles. The van der Waals surface area contributed by atoms with Gasteiger partial charge >= 0.3 is 0 Å². The average molecular weight is 330 g/mol. The number of carbonyl (C=O) groups excluding carboxylic acids is 2. The number of ketones is 2. The van der Waals surface area contributed by atoms with Gasteiger partial charge in [-0.15, -0.1) is 0 Å². The molecule has 0 fully saturated rings. The van der Waals surface area contributed by atoms with Gasteiger partial charge in [0.2, 0.25) is 17.2 Å².